The number of nitrogens with zero attached hydrogens (tertiary/aromatic N) is 1. The summed E-state index contributed by atoms with van der Waals surface area (Å²) in [5.41, 5.74) is 1.80. The molecule has 2 rings (SSSR count). The van der Waals surface area contributed by atoms with Crippen molar-refractivity contribution in [2.75, 3.05) is 0 Å². The van der Waals surface area contributed by atoms with Crippen LogP contribution in [0.1, 0.15) is 5.56 Å². The normalized spacial score (nSPS) is 10.7. The summed E-state index contributed by atoms with van der Waals surface area (Å²) in [7, 11) is 0. The number of fused-ring (bicyclic) bond motifs is 1. The van der Waals surface area contributed by atoms with Crippen LogP contribution in [-0.2, 0) is 0 Å². The van der Waals surface area contributed by atoms with Crippen LogP contribution >= 0.6 is 22.6 Å². The van der Waals surface area contributed by atoms with Gasteiger partial charge in [-0.3, -0.25) is 10.1 Å². The molecule has 0 spiro atoms. The largest absolute Gasteiger partial charge is 0.355 e. The van der Waals surface area contributed by atoms with Crippen LogP contribution in [0.2, 0.25) is 0 Å². The molecule has 72 valence electrons. The molecule has 0 saturated carbocycles. The van der Waals surface area contributed by atoms with E-state index >= 15 is 0 Å². The van der Waals surface area contributed by atoms with E-state index in [1.165, 1.54) is 6.07 Å². The van der Waals surface area contributed by atoms with Crippen molar-refractivity contribution in [1.29, 1.82) is 0 Å². The number of hydrogen-bond acceptors (Lipinski definition) is 2. The Hall–Kier alpha value is -1.11. The van der Waals surface area contributed by atoms with Crippen LogP contribution in [0.4, 0.5) is 5.69 Å². The van der Waals surface area contributed by atoms with Crippen LogP contribution in [0.25, 0.3) is 10.9 Å². The Morgan fingerprint density at radius 2 is 2.21 bits per heavy atom. The van der Waals surface area contributed by atoms with E-state index in [9.17, 15) is 10.1 Å². The molecule has 0 bridgehead atoms. The van der Waals surface area contributed by atoms with Gasteiger partial charge in [0.05, 0.1) is 4.92 Å². The van der Waals surface area contributed by atoms with E-state index in [1.807, 2.05) is 6.92 Å². The van der Waals surface area contributed by atoms with Gasteiger partial charge in [0.2, 0.25) is 0 Å². The van der Waals surface area contributed by atoms with Crippen molar-refractivity contribution in [3.8, 4) is 0 Å². The summed E-state index contributed by atoms with van der Waals surface area (Å²) in [5.74, 6) is 0. The van der Waals surface area contributed by atoms with Crippen LogP contribution < -0.4 is 0 Å². The number of nitrogens with one attached hydrogen (secondary N) is 1. The first-order chi connectivity index (χ1) is 6.61. The molecule has 1 aromatic carbocycles. The summed E-state index contributed by atoms with van der Waals surface area (Å²) in [6.45, 7) is 1.95. The smallest absolute Gasteiger partial charge is 0.293 e. The molecule has 0 amide bonds. The highest BCUT2D eigenvalue weighted by Gasteiger charge is 2.15. The topological polar surface area (TPSA) is 58.9 Å². The lowest BCUT2D eigenvalue weighted by molar-refractivity contribution is -0.383. The van der Waals surface area contributed by atoms with Crippen LogP contribution in [0.5, 0.6) is 0 Å². The predicted octanol–water partition coefficient (Wildman–Crippen LogP) is 2.99. The monoisotopic (exact) mass is 302 g/mol. The third-order valence-electron chi connectivity index (χ3n) is 2.17. The molecule has 0 unspecified atom stereocenters. The number of benzene rings is 1. The number of nitro benzene ring substituents is 1. The molecule has 14 heavy (non-hydrogen) atoms. The van der Waals surface area contributed by atoms with Crippen LogP contribution in [0, 0.1) is 20.6 Å². The minimum Gasteiger partial charge on any atom is -0.355 e. The summed E-state index contributed by atoms with van der Waals surface area (Å²) < 4.78 is 1.01. The highest BCUT2D eigenvalue weighted by molar-refractivity contribution is 14.1. The molecule has 0 aliphatic heterocycles. The van der Waals surface area contributed by atoms with Gasteiger partial charge in [0.15, 0.2) is 0 Å². The summed E-state index contributed by atoms with van der Waals surface area (Å²) in [4.78, 5) is 13.3. The van der Waals surface area contributed by atoms with Crippen molar-refractivity contribution in [1.82, 2.24) is 4.98 Å². The number of rotatable bonds is 1. The maximum absolute atomic E-state index is 10.7. The molecule has 2 aromatic rings. The SMILES string of the molecule is Cc1ccc([N+](=O)[O-])c2[nH]cc(I)c12. The summed E-state index contributed by atoms with van der Waals surface area (Å²) in [6, 6.07) is 3.31. The van der Waals surface area contributed by atoms with Crippen molar-refractivity contribution in [3.05, 3.63) is 37.6 Å². The Morgan fingerprint density at radius 1 is 1.50 bits per heavy atom. The van der Waals surface area contributed by atoms with Gasteiger partial charge in [-0.1, -0.05) is 6.07 Å². The van der Waals surface area contributed by atoms with Gasteiger partial charge in [-0.25, -0.2) is 0 Å². The number of H-pyrrole nitrogens is 1. The number of halogens is 1. The van der Waals surface area contributed by atoms with Crippen LogP contribution in [-0.4, -0.2) is 9.91 Å². The first kappa shape index (κ1) is 9.45. The summed E-state index contributed by atoms with van der Waals surface area (Å²) in [6.07, 6.45) is 1.78. The van der Waals surface area contributed by atoms with E-state index in [-0.39, 0.29) is 10.6 Å². The molecule has 1 heterocycles. The van der Waals surface area contributed by atoms with Crippen molar-refractivity contribution in [2.24, 2.45) is 0 Å². The number of aromatic nitrogens is 1. The number of aryl methyl sites for hydroxylation is 1. The average molecular weight is 302 g/mol. The van der Waals surface area contributed by atoms with E-state index in [0.29, 0.717) is 5.52 Å². The maximum atomic E-state index is 10.7. The van der Waals surface area contributed by atoms with Gasteiger partial charge in [-0.15, -0.1) is 0 Å². The van der Waals surface area contributed by atoms with Crippen molar-refractivity contribution < 1.29 is 4.92 Å². The van der Waals surface area contributed by atoms with Gasteiger partial charge in [0, 0.05) is 21.2 Å². The molecule has 0 aliphatic rings. The zero-order valence-corrected chi connectivity index (χ0v) is 9.53. The fraction of sp³-hybridized carbons (Fsp3) is 0.111. The predicted molar refractivity (Wildman–Crippen MR) is 62.4 cm³/mol. The molecule has 0 fully saturated rings. The molecular weight excluding hydrogens is 295 g/mol. The fourth-order valence-electron chi connectivity index (χ4n) is 1.51. The van der Waals surface area contributed by atoms with Gasteiger partial charge in [0.25, 0.3) is 5.69 Å². The minimum absolute atomic E-state index is 0.133. The highest BCUT2D eigenvalue weighted by Crippen LogP contribution is 2.30. The minimum atomic E-state index is -0.367. The lowest BCUT2D eigenvalue weighted by atomic mass is 10.1. The first-order valence-electron chi connectivity index (χ1n) is 4.02. The Balaban J connectivity index is 2.90. The number of nitro groups is 1. The lowest BCUT2D eigenvalue weighted by Crippen LogP contribution is -1.90. The van der Waals surface area contributed by atoms with Gasteiger partial charge < -0.3 is 4.98 Å². The third kappa shape index (κ3) is 1.28. The van der Waals surface area contributed by atoms with Crippen molar-refractivity contribution >= 4 is 39.2 Å². The van der Waals surface area contributed by atoms with E-state index in [1.54, 1.807) is 12.3 Å². The Morgan fingerprint density at radius 3 is 2.86 bits per heavy atom. The zero-order chi connectivity index (χ0) is 10.3. The molecule has 5 heteroatoms. The maximum Gasteiger partial charge on any atom is 0.293 e. The molecule has 0 radical (unpaired) electrons. The standard InChI is InChI=1S/C9H7IN2O2/c1-5-2-3-7(12(13)14)9-8(5)6(10)4-11-9/h2-4,11H,1H3. The van der Waals surface area contributed by atoms with Gasteiger partial charge in [-0.2, -0.15) is 0 Å². The van der Waals surface area contributed by atoms with Gasteiger partial charge in [-0.05, 0) is 35.1 Å². The Kier molecular flexibility index (Phi) is 2.18. The molecule has 1 N–H and O–H groups in total. The quantitative estimate of drug-likeness (QED) is 0.500. The number of hydrogen-bond donors (Lipinski definition) is 1. The summed E-state index contributed by atoms with van der Waals surface area (Å²) in [5, 5.41) is 11.7. The number of aromatic amines is 1. The average Bonchev–Trinajstić information content (AvgIpc) is 2.49. The summed E-state index contributed by atoms with van der Waals surface area (Å²) >= 11 is 2.17. The van der Waals surface area contributed by atoms with E-state index in [4.69, 9.17) is 0 Å². The van der Waals surface area contributed by atoms with Crippen LogP contribution in [0.15, 0.2) is 18.3 Å². The molecular formula is C9H7IN2O2. The zero-order valence-electron chi connectivity index (χ0n) is 7.37. The molecule has 1 aromatic heterocycles. The van der Waals surface area contributed by atoms with Crippen molar-refractivity contribution in [3.63, 3.8) is 0 Å². The molecule has 0 saturated heterocycles. The second-order valence-corrected chi connectivity index (χ2v) is 4.21. The molecule has 0 atom stereocenters. The van der Waals surface area contributed by atoms with Crippen LogP contribution in [0.3, 0.4) is 0 Å². The Bertz CT molecular complexity index is 519. The lowest BCUT2D eigenvalue weighted by Gasteiger charge is -1.97. The van der Waals surface area contributed by atoms with Gasteiger partial charge in [0.1, 0.15) is 5.52 Å². The first-order valence-corrected chi connectivity index (χ1v) is 5.09. The van der Waals surface area contributed by atoms with Crippen molar-refractivity contribution in [2.45, 2.75) is 6.92 Å². The molecule has 0 aliphatic carbocycles. The van der Waals surface area contributed by atoms with Gasteiger partial charge >= 0.3 is 0 Å². The fourth-order valence-corrected chi connectivity index (χ4v) is 2.36. The van der Waals surface area contributed by atoms with E-state index < -0.39 is 0 Å². The third-order valence-corrected chi connectivity index (χ3v) is 3.02. The number of non-ortho nitro benzene ring substituents is 1. The second-order valence-electron chi connectivity index (χ2n) is 3.05. The van der Waals surface area contributed by atoms with E-state index in [0.717, 1.165) is 14.5 Å². The molecule has 4 nitrogen and oxygen atoms in total. The van der Waals surface area contributed by atoms with E-state index in [2.05, 4.69) is 27.6 Å². The highest BCUT2D eigenvalue weighted by atomic mass is 127. The second kappa shape index (κ2) is 3.23. The Labute approximate surface area is 93.6 Å².